The zero-order chi connectivity index (χ0) is 3.54. The van der Waals surface area contributed by atoms with Crippen LogP contribution in [0.2, 0.25) is 0 Å². The summed E-state index contributed by atoms with van der Waals surface area (Å²) in [5.74, 6) is 0. The molecule has 1 aromatic rings. The van der Waals surface area contributed by atoms with Crippen LogP contribution in [-0.2, 0) is 0 Å². The van der Waals surface area contributed by atoms with Crippen LogP contribution in [0.3, 0.4) is 0 Å². The Bertz CT molecular complexity index is 66.2. The molecular formula is CH4Cl2N4. The van der Waals surface area contributed by atoms with E-state index in [0.29, 0.717) is 0 Å². The van der Waals surface area contributed by atoms with Gasteiger partial charge in [-0.05, 0) is 0 Å². The molecule has 0 spiro atoms. The second-order valence-corrected chi connectivity index (χ2v) is 0.560. The minimum atomic E-state index is 0. The van der Waals surface area contributed by atoms with Crippen molar-refractivity contribution in [3.8, 4) is 0 Å². The van der Waals surface area contributed by atoms with Crippen LogP contribution in [0.1, 0.15) is 0 Å². The van der Waals surface area contributed by atoms with Gasteiger partial charge >= 0.3 is 0 Å². The fraction of sp³-hybridized carbons (Fsp3) is 0. The molecular weight excluding hydrogens is 139 g/mol. The molecule has 4 nitrogen and oxygen atoms in total. The first-order valence-corrected chi connectivity index (χ1v) is 1.16. The lowest BCUT2D eigenvalue weighted by molar-refractivity contribution is 0.881. The molecule has 0 saturated heterocycles. The molecule has 0 aliphatic carbocycles. The Labute approximate surface area is 52.5 Å². The van der Waals surface area contributed by atoms with E-state index in [0.717, 1.165) is 0 Å². The summed E-state index contributed by atoms with van der Waals surface area (Å²) in [4.78, 5) is 0. The van der Waals surface area contributed by atoms with Crippen molar-refractivity contribution >= 4 is 24.8 Å². The van der Waals surface area contributed by atoms with Crippen molar-refractivity contribution in [2.75, 3.05) is 0 Å². The van der Waals surface area contributed by atoms with Gasteiger partial charge in [0.25, 0.3) is 0 Å². The lowest BCUT2D eigenvalue weighted by Crippen LogP contribution is -1.64. The number of H-pyrrole nitrogens is 1. The third kappa shape index (κ3) is 3.48. The molecule has 1 heterocycles. The second kappa shape index (κ2) is 5.65. The van der Waals surface area contributed by atoms with Crippen LogP contribution >= 0.6 is 24.8 Å². The molecule has 0 unspecified atom stereocenters. The lowest BCUT2D eigenvalue weighted by atomic mass is 11.4. The van der Waals surface area contributed by atoms with Crippen molar-refractivity contribution in [3.05, 3.63) is 6.33 Å². The molecule has 0 atom stereocenters. The first-order chi connectivity index (χ1) is 2.50. The van der Waals surface area contributed by atoms with Crippen molar-refractivity contribution < 1.29 is 0 Å². The SMILES string of the molecule is Cl.Cl.c1nn[nH]n1. The number of tetrazole rings is 1. The van der Waals surface area contributed by atoms with Crippen molar-refractivity contribution in [1.29, 1.82) is 0 Å². The van der Waals surface area contributed by atoms with Crippen LogP contribution < -0.4 is 0 Å². The topological polar surface area (TPSA) is 54.5 Å². The minimum Gasteiger partial charge on any atom is -0.177 e. The van der Waals surface area contributed by atoms with Gasteiger partial charge in [-0.1, -0.05) is 5.21 Å². The molecule has 0 bridgehead atoms. The third-order valence-electron chi connectivity index (χ3n) is 0.270. The van der Waals surface area contributed by atoms with Crippen LogP contribution in [0.5, 0.6) is 0 Å². The average molecular weight is 143 g/mol. The van der Waals surface area contributed by atoms with Crippen LogP contribution in [0.4, 0.5) is 0 Å². The number of rotatable bonds is 0. The van der Waals surface area contributed by atoms with Gasteiger partial charge in [-0.25, -0.2) is 0 Å². The summed E-state index contributed by atoms with van der Waals surface area (Å²) in [6.07, 6.45) is 1.33. The van der Waals surface area contributed by atoms with Gasteiger partial charge in [0, 0.05) is 0 Å². The molecule has 0 fully saturated rings. The summed E-state index contributed by atoms with van der Waals surface area (Å²) in [5, 5.41) is 12.2. The molecule has 42 valence electrons. The normalized spacial score (nSPS) is 5.71. The molecule has 0 aliphatic rings. The zero-order valence-corrected chi connectivity index (χ0v) is 4.87. The number of hydrogen-bond acceptors (Lipinski definition) is 3. The number of aromatic amines is 1. The maximum absolute atomic E-state index is 3.38. The van der Waals surface area contributed by atoms with E-state index in [1.165, 1.54) is 6.33 Å². The maximum Gasteiger partial charge on any atom is 0.161 e. The fourth-order valence-electron chi connectivity index (χ4n) is 0.129. The Kier molecular flexibility index (Phi) is 7.92. The van der Waals surface area contributed by atoms with Crippen molar-refractivity contribution in [2.24, 2.45) is 0 Å². The molecule has 1 N–H and O–H groups in total. The maximum atomic E-state index is 3.38. The van der Waals surface area contributed by atoms with Gasteiger partial charge in [0.05, 0.1) is 0 Å². The molecule has 1 aromatic heterocycles. The van der Waals surface area contributed by atoms with E-state index in [1.54, 1.807) is 0 Å². The summed E-state index contributed by atoms with van der Waals surface area (Å²) >= 11 is 0. The average Bonchev–Trinajstić information content (AvgIpc) is 1.76. The molecule has 7 heavy (non-hydrogen) atoms. The summed E-state index contributed by atoms with van der Waals surface area (Å²) in [6.45, 7) is 0. The molecule has 0 aliphatic heterocycles. The molecule has 1 rings (SSSR count). The van der Waals surface area contributed by atoms with E-state index < -0.39 is 0 Å². The predicted molar refractivity (Wildman–Crippen MR) is 28.7 cm³/mol. The molecule has 0 aromatic carbocycles. The fourth-order valence-corrected chi connectivity index (χ4v) is 0.129. The van der Waals surface area contributed by atoms with Crippen molar-refractivity contribution in [1.82, 2.24) is 20.6 Å². The summed E-state index contributed by atoms with van der Waals surface area (Å²) < 4.78 is 0. The Morgan fingerprint density at radius 2 is 2.00 bits per heavy atom. The Hall–Kier alpha value is -0.350. The van der Waals surface area contributed by atoms with E-state index in [9.17, 15) is 0 Å². The van der Waals surface area contributed by atoms with Gasteiger partial charge in [0.15, 0.2) is 6.33 Å². The number of halogens is 2. The zero-order valence-electron chi connectivity index (χ0n) is 3.24. The Morgan fingerprint density at radius 1 is 1.29 bits per heavy atom. The molecule has 6 heteroatoms. The molecule has 0 saturated carbocycles. The minimum absolute atomic E-state index is 0. The molecule has 0 amide bonds. The monoisotopic (exact) mass is 142 g/mol. The van der Waals surface area contributed by atoms with Crippen LogP contribution in [0.15, 0.2) is 6.33 Å². The summed E-state index contributed by atoms with van der Waals surface area (Å²) in [7, 11) is 0. The van der Waals surface area contributed by atoms with Crippen molar-refractivity contribution in [2.45, 2.75) is 0 Å². The van der Waals surface area contributed by atoms with Crippen LogP contribution in [0, 0.1) is 0 Å². The summed E-state index contributed by atoms with van der Waals surface area (Å²) in [6, 6.07) is 0. The van der Waals surface area contributed by atoms with Gasteiger partial charge in [-0.2, -0.15) is 5.21 Å². The first kappa shape index (κ1) is 9.82. The van der Waals surface area contributed by atoms with Gasteiger partial charge in [0.2, 0.25) is 0 Å². The third-order valence-corrected chi connectivity index (χ3v) is 0.270. The quantitative estimate of drug-likeness (QED) is 0.557. The van der Waals surface area contributed by atoms with Gasteiger partial charge in [0.1, 0.15) is 0 Å². The van der Waals surface area contributed by atoms with Crippen molar-refractivity contribution in [3.63, 3.8) is 0 Å². The van der Waals surface area contributed by atoms with E-state index in [-0.39, 0.29) is 24.8 Å². The number of aromatic nitrogens is 4. The largest absolute Gasteiger partial charge is 0.177 e. The van der Waals surface area contributed by atoms with Gasteiger partial charge in [-0.3, -0.25) is 0 Å². The lowest BCUT2D eigenvalue weighted by Gasteiger charge is -1.44. The Morgan fingerprint density at radius 3 is 2.14 bits per heavy atom. The highest BCUT2D eigenvalue weighted by molar-refractivity contribution is 5.85. The Balaban J connectivity index is 0. The van der Waals surface area contributed by atoms with Crippen LogP contribution in [0.25, 0.3) is 0 Å². The molecule has 0 radical (unpaired) electrons. The highest BCUT2D eigenvalue weighted by Crippen LogP contribution is 1.43. The van der Waals surface area contributed by atoms with E-state index in [4.69, 9.17) is 0 Å². The van der Waals surface area contributed by atoms with E-state index >= 15 is 0 Å². The standard InChI is InChI=1S/CH2N4.2ClH/c1-2-4-5-3-1;;/h1H,(H,2,3,4,5);2*1H. The highest BCUT2D eigenvalue weighted by Gasteiger charge is 1.58. The number of hydrogen-bond donors (Lipinski definition) is 1. The van der Waals surface area contributed by atoms with Gasteiger partial charge < -0.3 is 0 Å². The number of nitrogens with zero attached hydrogens (tertiary/aromatic N) is 3. The highest BCUT2D eigenvalue weighted by atomic mass is 35.5. The summed E-state index contributed by atoms with van der Waals surface area (Å²) in [5.41, 5.74) is 0. The predicted octanol–water partition coefficient (Wildman–Crippen LogP) is 0.0433. The van der Waals surface area contributed by atoms with Crippen LogP contribution in [-0.4, -0.2) is 20.6 Å². The van der Waals surface area contributed by atoms with Gasteiger partial charge in [-0.15, -0.1) is 35.0 Å². The smallest absolute Gasteiger partial charge is 0.161 e. The first-order valence-electron chi connectivity index (χ1n) is 1.16. The number of nitrogens with one attached hydrogen (secondary N) is 1. The van der Waals surface area contributed by atoms with E-state index in [2.05, 4.69) is 20.6 Å². The van der Waals surface area contributed by atoms with E-state index in [1.807, 2.05) is 0 Å². The second-order valence-electron chi connectivity index (χ2n) is 0.560.